The van der Waals surface area contributed by atoms with Crippen LogP contribution in [0.15, 0.2) is 18.3 Å². The van der Waals surface area contributed by atoms with E-state index in [1.54, 1.807) is 0 Å². The van der Waals surface area contributed by atoms with Crippen molar-refractivity contribution in [3.8, 4) is 17.3 Å². The fourth-order valence-corrected chi connectivity index (χ4v) is 2.49. The van der Waals surface area contributed by atoms with Gasteiger partial charge < -0.3 is 9.30 Å². The van der Waals surface area contributed by atoms with Gasteiger partial charge in [-0.25, -0.2) is 15.0 Å². The van der Waals surface area contributed by atoms with Crippen molar-refractivity contribution in [2.75, 3.05) is 6.61 Å². The van der Waals surface area contributed by atoms with Gasteiger partial charge in [0.2, 0.25) is 0 Å². The molecule has 5 nitrogen and oxygen atoms in total. The number of nitrogens with zero attached hydrogens (tertiary/aromatic N) is 4. The van der Waals surface area contributed by atoms with Gasteiger partial charge in [-0.3, -0.25) is 0 Å². The van der Waals surface area contributed by atoms with Crippen molar-refractivity contribution in [3.63, 3.8) is 0 Å². The molecule has 22 heavy (non-hydrogen) atoms. The van der Waals surface area contributed by atoms with E-state index in [-0.39, 0.29) is 0 Å². The largest absolute Gasteiger partial charge is 0.491 e. The molecule has 0 saturated heterocycles. The smallest absolute Gasteiger partial charge is 0.164 e. The average Bonchev–Trinajstić information content (AvgIpc) is 2.79. The van der Waals surface area contributed by atoms with Gasteiger partial charge in [0.25, 0.3) is 0 Å². The van der Waals surface area contributed by atoms with Crippen LogP contribution in [0.25, 0.3) is 22.7 Å². The molecule has 0 radical (unpaired) electrons. The molecule has 0 aliphatic heterocycles. The second kappa shape index (κ2) is 5.40. The predicted octanol–water partition coefficient (Wildman–Crippen LogP) is 3.35. The lowest BCUT2D eigenvalue weighted by atomic mass is 10.2. The first kappa shape index (κ1) is 14.5. The summed E-state index contributed by atoms with van der Waals surface area (Å²) in [5.41, 5.74) is 5.68. The SMILES string of the molecule is CCOc1cc(C)c(C)nc1-c1nc2cc(C)cnc2n1C. The van der Waals surface area contributed by atoms with E-state index in [1.807, 2.05) is 57.6 Å². The van der Waals surface area contributed by atoms with Crippen molar-refractivity contribution in [1.82, 2.24) is 19.5 Å². The van der Waals surface area contributed by atoms with Crippen molar-refractivity contribution >= 4 is 11.2 Å². The Labute approximate surface area is 130 Å². The van der Waals surface area contributed by atoms with Crippen LogP contribution in [-0.4, -0.2) is 26.1 Å². The number of imidazole rings is 1. The number of aromatic nitrogens is 4. The maximum Gasteiger partial charge on any atom is 0.164 e. The first-order valence-electron chi connectivity index (χ1n) is 7.41. The minimum Gasteiger partial charge on any atom is -0.491 e. The minimum absolute atomic E-state index is 0.596. The van der Waals surface area contributed by atoms with Crippen LogP contribution in [0.5, 0.6) is 5.75 Å². The lowest BCUT2D eigenvalue weighted by molar-refractivity contribution is 0.339. The zero-order valence-electron chi connectivity index (χ0n) is 13.6. The van der Waals surface area contributed by atoms with Crippen LogP contribution in [0.1, 0.15) is 23.7 Å². The van der Waals surface area contributed by atoms with Crippen molar-refractivity contribution in [2.45, 2.75) is 27.7 Å². The summed E-state index contributed by atoms with van der Waals surface area (Å²) in [5, 5.41) is 0. The van der Waals surface area contributed by atoms with Crippen LogP contribution in [0.3, 0.4) is 0 Å². The summed E-state index contributed by atoms with van der Waals surface area (Å²) in [6.45, 7) is 8.62. The molecule has 3 aromatic heterocycles. The van der Waals surface area contributed by atoms with Gasteiger partial charge in [0.1, 0.15) is 17.0 Å². The van der Waals surface area contributed by atoms with E-state index in [4.69, 9.17) is 14.7 Å². The van der Waals surface area contributed by atoms with Gasteiger partial charge in [0.15, 0.2) is 11.5 Å². The van der Waals surface area contributed by atoms with Gasteiger partial charge in [-0.1, -0.05) is 0 Å². The molecule has 3 heterocycles. The highest BCUT2D eigenvalue weighted by Gasteiger charge is 2.18. The van der Waals surface area contributed by atoms with Gasteiger partial charge in [-0.05, 0) is 51.0 Å². The molecule has 0 aliphatic rings. The normalized spacial score (nSPS) is 11.1. The van der Waals surface area contributed by atoms with Crippen LogP contribution in [0.2, 0.25) is 0 Å². The summed E-state index contributed by atoms with van der Waals surface area (Å²) in [6.07, 6.45) is 1.85. The van der Waals surface area contributed by atoms with Gasteiger partial charge in [-0.2, -0.15) is 0 Å². The van der Waals surface area contributed by atoms with Crippen LogP contribution in [0, 0.1) is 20.8 Å². The van der Waals surface area contributed by atoms with E-state index in [0.29, 0.717) is 6.61 Å². The maximum atomic E-state index is 5.77. The lowest BCUT2D eigenvalue weighted by Crippen LogP contribution is -2.03. The molecule has 0 atom stereocenters. The number of fused-ring (bicyclic) bond motifs is 1. The van der Waals surface area contributed by atoms with E-state index in [9.17, 15) is 0 Å². The van der Waals surface area contributed by atoms with Crippen molar-refractivity contribution in [3.05, 3.63) is 35.2 Å². The molecule has 0 saturated carbocycles. The zero-order valence-corrected chi connectivity index (χ0v) is 13.6. The third kappa shape index (κ3) is 2.32. The minimum atomic E-state index is 0.596. The molecule has 0 aliphatic carbocycles. The van der Waals surface area contributed by atoms with E-state index in [2.05, 4.69) is 4.98 Å². The number of pyridine rings is 2. The predicted molar refractivity (Wildman–Crippen MR) is 87.1 cm³/mol. The van der Waals surface area contributed by atoms with Crippen LogP contribution < -0.4 is 4.74 Å². The van der Waals surface area contributed by atoms with Crippen LogP contribution in [-0.2, 0) is 7.05 Å². The molecule has 0 fully saturated rings. The van der Waals surface area contributed by atoms with E-state index in [0.717, 1.165) is 45.3 Å². The summed E-state index contributed by atoms with van der Waals surface area (Å²) >= 11 is 0. The van der Waals surface area contributed by atoms with E-state index < -0.39 is 0 Å². The number of ether oxygens (including phenoxy) is 1. The van der Waals surface area contributed by atoms with Gasteiger partial charge >= 0.3 is 0 Å². The number of rotatable bonds is 3. The number of hydrogen-bond acceptors (Lipinski definition) is 4. The Balaban J connectivity index is 2.26. The summed E-state index contributed by atoms with van der Waals surface area (Å²) in [5.74, 6) is 1.54. The quantitative estimate of drug-likeness (QED) is 0.743. The summed E-state index contributed by atoms with van der Waals surface area (Å²) < 4.78 is 7.73. The summed E-state index contributed by atoms with van der Waals surface area (Å²) in [7, 11) is 1.96. The number of hydrogen-bond donors (Lipinski definition) is 0. The third-order valence-corrected chi connectivity index (χ3v) is 3.79. The molecule has 0 aromatic carbocycles. The topological polar surface area (TPSA) is 52.8 Å². The highest BCUT2D eigenvalue weighted by atomic mass is 16.5. The molecule has 114 valence electrons. The van der Waals surface area contributed by atoms with E-state index >= 15 is 0 Å². The molecule has 3 rings (SSSR count). The summed E-state index contributed by atoms with van der Waals surface area (Å²) in [4.78, 5) is 13.9. The third-order valence-electron chi connectivity index (χ3n) is 3.79. The van der Waals surface area contributed by atoms with Gasteiger partial charge in [0, 0.05) is 18.9 Å². The second-order valence-corrected chi connectivity index (χ2v) is 5.52. The fourth-order valence-electron chi connectivity index (χ4n) is 2.49. The standard InChI is InChI=1S/C17H20N4O/c1-6-22-14-8-11(3)12(4)19-15(14)17-20-13-7-10(2)9-18-16(13)21(17)5/h7-9H,6H2,1-5H3. The zero-order chi connectivity index (χ0) is 15.9. The van der Waals surface area contributed by atoms with Crippen molar-refractivity contribution < 1.29 is 4.74 Å². The molecular formula is C17H20N4O. The Morgan fingerprint density at radius 3 is 2.64 bits per heavy atom. The Bertz CT molecular complexity index is 851. The Hall–Kier alpha value is -2.43. The highest BCUT2D eigenvalue weighted by Crippen LogP contribution is 2.31. The molecular weight excluding hydrogens is 276 g/mol. The monoisotopic (exact) mass is 296 g/mol. The molecule has 5 heteroatoms. The molecule has 0 amide bonds. The second-order valence-electron chi connectivity index (χ2n) is 5.52. The first-order chi connectivity index (χ1) is 10.5. The molecule has 0 unspecified atom stereocenters. The molecule has 0 spiro atoms. The number of aryl methyl sites for hydroxylation is 4. The molecule has 0 bridgehead atoms. The Morgan fingerprint density at radius 1 is 1.14 bits per heavy atom. The van der Waals surface area contributed by atoms with E-state index in [1.165, 1.54) is 0 Å². The van der Waals surface area contributed by atoms with Crippen LogP contribution in [0.4, 0.5) is 0 Å². The van der Waals surface area contributed by atoms with Gasteiger partial charge in [0.05, 0.1) is 6.61 Å². The average molecular weight is 296 g/mol. The van der Waals surface area contributed by atoms with Crippen molar-refractivity contribution in [1.29, 1.82) is 0 Å². The lowest BCUT2D eigenvalue weighted by Gasteiger charge is -2.12. The summed E-state index contributed by atoms with van der Waals surface area (Å²) in [6, 6.07) is 4.06. The van der Waals surface area contributed by atoms with Gasteiger partial charge in [-0.15, -0.1) is 0 Å². The fraction of sp³-hybridized carbons (Fsp3) is 0.353. The Morgan fingerprint density at radius 2 is 1.91 bits per heavy atom. The first-order valence-corrected chi connectivity index (χ1v) is 7.41. The Kier molecular flexibility index (Phi) is 3.56. The highest BCUT2D eigenvalue weighted by molar-refractivity contribution is 5.78. The molecule has 0 N–H and O–H groups in total. The maximum absolute atomic E-state index is 5.77. The molecule has 3 aromatic rings. The van der Waals surface area contributed by atoms with Crippen LogP contribution >= 0.6 is 0 Å². The van der Waals surface area contributed by atoms with Crippen molar-refractivity contribution in [2.24, 2.45) is 7.05 Å².